The summed E-state index contributed by atoms with van der Waals surface area (Å²) in [6, 6.07) is 6.12. The first-order valence-corrected chi connectivity index (χ1v) is 7.89. The highest BCUT2D eigenvalue weighted by Gasteiger charge is 2.34. The molecular weight excluding hydrogens is 266 g/mol. The Bertz CT molecular complexity index is 525. The quantitative estimate of drug-likeness (QED) is 0.906. The monoisotopic (exact) mass is 289 g/mol. The first-order valence-electron chi connectivity index (χ1n) is 7.89. The predicted molar refractivity (Wildman–Crippen MR) is 80.5 cm³/mol. The molecule has 1 N–H and O–H groups in total. The van der Waals surface area contributed by atoms with Crippen molar-refractivity contribution in [3.63, 3.8) is 0 Å². The third-order valence-corrected chi connectivity index (χ3v) is 4.38. The van der Waals surface area contributed by atoms with Gasteiger partial charge in [0, 0.05) is 5.92 Å². The standard InChI is InChI=1S/C17H23NO3/c1-3-11(2)17(19)18-16(12-4-5-12)13-6-7-14-15(10-13)21-9-8-20-14/h6-7,10-12,16H,3-5,8-9H2,1-2H3,(H,18,19)/t11-,16-/m0/s1. The summed E-state index contributed by atoms with van der Waals surface area (Å²) in [5.74, 6) is 2.35. The molecule has 1 aromatic carbocycles. The molecule has 1 heterocycles. The second-order valence-electron chi connectivity index (χ2n) is 6.04. The number of benzene rings is 1. The second-order valence-corrected chi connectivity index (χ2v) is 6.04. The number of hydrogen-bond donors (Lipinski definition) is 1. The first-order chi connectivity index (χ1) is 10.2. The van der Waals surface area contributed by atoms with Gasteiger partial charge in [0.05, 0.1) is 6.04 Å². The van der Waals surface area contributed by atoms with E-state index in [9.17, 15) is 4.79 Å². The van der Waals surface area contributed by atoms with Crippen molar-refractivity contribution in [1.29, 1.82) is 0 Å². The molecule has 1 fully saturated rings. The van der Waals surface area contributed by atoms with Gasteiger partial charge in [-0.15, -0.1) is 0 Å². The summed E-state index contributed by atoms with van der Waals surface area (Å²) in [7, 11) is 0. The molecule has 1 saturated carbocycles. The molecule has 0 unspecified atom stereocenters. The Morgan fingerprint density at radius 3 is 2.67 bits per heavy atom. The molecule has 2 aliphatic rings. The predicted octanol–water partition coefficient (Wildman–Crippen LogP) is 3.07. The minimum atomic E-state index is 0.0588. The van der Waals surface area contributed by atoms with Crippen LogP contribution < -0.4 is 14.8 Å². The van der Waals surface area contributed by atoms with Crippen molar-refractivity contribution in [2.45, 2.75) is 39.2 Å². The van der Waals surface area contributed by atoms with Crippen molar-refractivity contribution in [2.75, 3.05) is 13.2 Å². The maximum atomic E-state index is 12.2. The lowest BCUT2D eigenvalue weighted by Gasteiger charge is -2.24. The highest BCUT2D eigenvalue weighted by molar-refractivity contribution is 5.78. The van der Waals surface area contributed by atoms with Gasteiger partial charge in [0.25, 0.3) is 0 Å². The largest absolute Gasteiger partial charge is 0.486 e. The lowest BCUT2D eigenvalue weighted by molar-refractivity contribution is -0.125. The van der Waals surface area contributed by atoms with Crippen LogP contribution in [-0.4, -0.2) is 19.1 Å². The molecule has 1 aliphatic carbocycles. The molecular formula is C17H23NO3. The van der Waals surface area contributed by atoms with Crippen LogP contribution in [0.1, 0.15) is 44.7 Å². The van der Waals surface area contributed by atoms with Crippen LogP contribution in [-0.2, 0) is 4.79 Å². The molecule has 2 atom stereocenters. The first kappa shape index (κ1) is 14.2. The van der Waals surface area contributed by atoms with Crippen LogP contribution in [0.15, 0.2) is 18.2 Å². The van der Waals surface area contributed by atoms with E-state index in [-0.39, 0.29) is 17.9 Å². The van der Waals surface area contributed by atoms with Gasteiger partial charge in [-0.2, -0.15) is 0 Å². The third kappa shape index (κ3) is 3.14. The number of carbonyl (C=O) groups is 1. The Balaban J connectivity index is 1.79. The van der Waals surface area contributed by atoms with Gasteiger partial charge in [0.1, 0.15) is 13.2 Å². The molecule has 0 aromatic heterocycles. The molecule has 21 heavy (non-hydrogen) atoms. The molecule has 1 amide bonds. The fourth-order valence-corrected chi connectivity index (χ4v) is 2.64. The van der Waals surface area contributed by atoms with E-state index in [2.05, 4.69) is 5.32 Å². The van der Waals surface area contributed by atoms with E-state index in [1.165, 1.54) is 12.8 Å². The maximum absolute atomic E-state index is 12.2. The number of fused-ring (bicyclic) bond motifs is 1. The second kappa shape index (κ2) is 5.96. The number of nitrogens with one attached hydrogen (secondary N) is 1. The smallest absolute Gasteiger partial charge is 0.223 e. The summed E-state index contributed by atoms with van der Waals surface area (Å²) in [6.07, 6.45) is 3.23. The minimum absolute atomic E-state index is 0.0588. The van der Waals surface area contributed by atoms with Crippen molar-refractivity contribution in [2.24, 2.45) is 11.8 Å². The van der Waals surface area contributed by atoms with Gasteiger partial charge in [0.2, 0.25) is 5.91 Å². The van der Waals surface area contributed by atoms with Crippen molar-refractivity contribution >= 4 is 5.91 Å². The zero-order valence-electron chi connectivity index (χ0n) is 12.7. The van der Waals surface area contributed by atoms with Crippen molar-refractivity contribution in [3.05, 3.63) is 23.8 Å². The van der Waals surface area contributed by atoms with Crippen LogP contribution >= 0.6 is 0 Å². The van der Waals surface area contributed by atoms with E-state index < -0.39 is 0 Å². The molecule has 0 spiro atoms. The van der Waals surface area contributed by atoms with Gasteiger partial charge in [0.15, 0.2) is 11.5 Å². The minimum Gasteiger partial charge on any atom is -0.486 e. The van der Waals surface area contributed by atoms with Gasteiger partial charge in [-0.25, -0.2) is 0 Å². The van der Waals surface area contributed by atoms with E-state index in [1.807, 2.05) is 32.0 Å². The highest BCUT2D eigenvalue weighted by Crippen LogP contribution is 2.43. The number of carbonyl (C=O) groups excluding carboxylic acids is 1. The Labute approximate surface area is 125 Å². The van der Waals surface area contributed by atoms with Crippen molar-refractivity contribution in [3.8, 4) is 11.5 Å². The van der Waals surface area contributed by atoms with Gasteiger partial charge in [-0.3, -0.25) is 4.79 Å². The van der Waals surface area contributed by atoms with Gasteiger partial charge >= 0.3 is 0 Å². The lowest BCUT2D eigenvalue weighted by atomic mass is 10.00. The molecule has 0 saturated heterocycles. The lowest BCUT2D eigenvalue weighted by Crippen LogP contribution is -2.33. The van der Waals surface area contributed by atoms with Crippen LogP contribution in [0.3, 0.4) is 0 Å². The Morgan fingerprint density at radius 2 is 2.00 bits per heavy atom. The summed E-state index contributed by atoms with van der Waals surface area (Å²) in [6.45, 7) is 5.20. The fourth-order valence-electron chi connectivity index (χ4n) is 2.64. The normalized spacial score (nSPS) is 19.7. The van der Waals surface area contributed by atoms with Crippen LogP contribution in [0.25, 0.3) is 0 Å². The van der Waals surface area contributed by atoms with E-state index in [1.54, 1.807) is 0 Å². The fraction of sp³-hybridized carbons (Fsp3) is 0.588. The van der Waals surface area contributed by atoms with E-state index >= 15 is 0 Å². The highest BCUT2D eigenvalue weighted by atomic mass is 16.6. The van der Waals surface area contributed by atoms with Crippen LogP contribution in [0.4, 0.5) is 0 Å². The molecule has 1 aromatic rings. The van der Waals surface area contributed by atoms with Crippen molar-refractivity contribution in [1.82, 2.24) is 5.32 Å². The SMILES string of the molecule is CC[C@H](C)C(=O)N[C@H](c1ccc2c(c1)OCCO2)C1CC1. The number of rotatable bonds is 5. The molecule has 0 radical (unpaired) electrons. The Hall–Kier alpha value is -1.71. The molecule has 3 rings (SSSR count). The summed E-state index contributed by atoms with van der Waals surface area (Å²) in [5, 5.41) is 3.22. The average Bonchev–Trinajstić information content (AvgIpc) is 3.35. The summed E-state index contributed by atoms with van der Waals surface area (Å²) < 4.78 is 11.2. The summed E-state index contributed by atoms with van der Waals surface area (Å²) >= 11 is 0. The molecule has 4 nitrogen and oxygen atoms in total. The van der Waals surface area contributed by atoms with Crippen molar-refractivity contribution < 1.29 is 14.3 Å². The summed E-state index contributed by atoms with van der Waals surface area (Å²) in [5.41, 5.74) is 1.12. The Morgan fingerprint density at radius 1 is 1.29 bits per heavy atom. The maximum Gasteiger partial charge on any atom is 0.223 e. The van der Waals surface area contributed by atoms with E-state index in [0.717, 1.165) is 23.5 Å². The van der Waals surface area contributed by atoms with Gasteiger partial charge < -0.3 is 14.8 Å². The third-order valence-electron chi connectivity index (χ3n) is 4.38. The van der Waals surface area contributed by atoms with Gasteiger partial charge in [-0.05, 0) is 42.9 Å². The van der Waals surface area contributed by atoms with E-state index in [0.29, 0.717) is 19.1 Å². The van der Waals surface area contributed by atoms with Crippen LogP contribution in [0.5, 0.6) is 11.5 Å². The van der Waals surface area contributed by atoms with Crippen LogP contribution in [0.2, 0.25) is 0 Å². The number of ether oxygens (including phenoxy) is 2. The van der Waals surface area contributed by atoms with Gasteiger partial charge in [-0.1, -0.05) is 19.9 Å². The number of amides is 1. The molecule has 0 bridgehead atoms. The zero-order valence-corrected chi connectivity index (χ0v) is 12.7. The Kier molecular flexibility index (Phi) is 4.04. The zero-order chi connectivity index (χ0) is 14.8. The molecule has 1 aliphatic heterocycles. The summed E-state index contributed by atoms with van der Waals surface area (Å²) in [4.78, 5) is 12.2. The average molecular weight is 289 g/mol. The molecule has 4 heteroatoms. The van der Waals surface area contributed by atoms with E-state index in [4.69, 9.17) is 9.47 Å². The molecule has 114 valence electrons. The topological polar surface area (TPSA) is 47.6 Å². The van der Waals surface area contributed by atoms with Crippen LogP contribution in [0, 0.1) is 11.8 Å². The number of hydrogen-bond acceptors (Lipinski definition) is 3.